The number of nitrogens with zero attached hydrogens (tertiary/aromatic N) is 3. The van der Waals surface area contributed by atoms with Gasteiger partial charge in [0.1, 0.15) is 0 Å². The zero-order chi connectivity index (χ0) is 17.4. The SMILES string of the molecule is Cc1csc(N2CCCN(C(=O)C3(c4cccc(Cl)c4)CC3)CC2)n1. The average molecular weight is 376 g/mol. The van der Waals surface area contributed by atoms with Crippen LogP contribution in [0.2, 0.25) is 5.02 Å². The van der Waals surface area contributed by atoms with Crippen molar-refractivity contribution in [2.45, 2.75) is 31.6 Å². The molecule has 1 aliphatic heterocycles. The molecule has 2 aromatic rings. The summed E-state index contributed by atoms with van der Waals surface area (Å²) in [6.07, 6.45) is 2.84. The Morgan fingerprint density at radius 1 is 1.24 bits per heavy atom. The van der Waals surface area contributed by atoms with E-state index in [2.05, 4.69) is 15.3 Å². The number of carbonyl (C=O) groups is 1. The second-order valence-electron chi connectivity index (χ2n) is 7.00. The van der Waals surface area contributed by atoms with E-state index < -0.39 is 0 Å². The molecule has 2 fully saturated rings. The van der Waals surface area contributed by atoms with Crippen molar-refractivity contribution in [2.75, 3.05) is 31.1 Å². The molecule has 4 nitrogen and oxygen atoms in total. The number of anilines is 1. The van der Waals surface area contributed by atoms with Gasteiger partial charge in [0.25, 0.3) is 0 Å². The Bertz CT molecular complexity index is 786. The molecule has 6 heteroatoms. The van der Waals surface area contributed by atoms with Gasteiger partial charge in [0.05, 0.1) is 11.1 Å². The van der Waals surface area contributed by atoms with Crippen LogP contribution in [-0.4, -0.2) is 42.0 Å². The van der Waals surface area contributed by atoms with E-state index in [1.54, 1.807) is 11.3 Å². The van der Waals surface area contributed by atoms with Gasteiger partial charge in [-0.1, -0.05) is 23.7 Å². The maximum atomic E-state index is 13.2. The van der Waals surface area contributed by atoms with Crippen LogP contribution in [0.5, 0.6) is 0 Å². The molecule has 1 aromatic heterocycles. The van der Waals surface area contributed by atoms with Crippen LogP contribution in [0.4, 0.5) is 5.13 Å². The fraction of sp³-hybridized carbons (Fsp3) is 0.474. The zero-order valence-electron chi connectivity index (χ0n) is 14.4. The number of halogens is 1. The largest absolute Gasteiger partial charge is 0.346 e. The maximum Gasteiger partial charge on any atom is 0.233 e. The maximum absolute atomic E-state index is 13.2. The molecule has 0 unspecified atom stereocenters. The fourth-order valence-electron chi connectivity index (χ4n) is 3.64. The summed E-state index contributed by atoms with van der Waals surface area (Å²) in [7, 11) is 0. The summed E-state index contributed by atoms with van der Waals surface area (Å²) in [6, 6.07) is 7.81. The highest BCUT2D eigenvalue weighted by molar-refractivity contribution is 7.13. The first-order chi connectivity index (χ1) is 12.1. The highest BCUT2D eigenvalue weighted by Gasteiger charge is 2.53. The first-order valence-corrected chi connectivity index (χ1v) is 10.1. The molecule has 1 saturated heterocycles. The van der Waals surface area contributed by atoms with Crippen molar-refractivity contribution in [3.8, 4) is 0 Å². The summed E-state index contributed by atoms with van der Waals surface area (Å²) in [5, 5.41) is 3.86. The lowest BCUT2D eigenvalue weighted by Crippen LogP contribution is -2.41. The Labute approximate surface area is 157 Å². The van der Waals surface area contributed by atoms with Crippen molar-refractivity contribution in [2.24, 2.45) is 0 Å². The first-order valence-electron chi connectivity index (χ1n) is 8.81. The van der Waals surface area contributed by atoms with Crippen molar-refractivity contribution in [1.82, 2.24) is 9.88 Å². The highest BCUT2D eigenvalue weighted by Crippen LogP contribution is 2.50. The third-order valence-electron chi connectivity index (χ3n) is 5.20. The minimum atomic E-state index is -0.335. The molecule has 0 bridgehead atoms. The van der Waals surface area contributed by atoms with Crippen molar-refractivity contribution >= 4 is 34.0 Å². The van der Waals surface area contributed by atoms with Gasteiger partial charge < -0.3 is 9.80 Å². The van der Waals surface area contributed by atoms with Gasteiger partial charge in [0.15, 0.2) is 5.13 Å². The second kappa shape index (κ2) is 6.61. The standard InChI is InChI=1S/C19H22ClN3OS/c1-14-13-25-18(21-14)23-9-3-8-22(10-11-23)17(24)19(6-7-19)15-4-2-5-16(20)12-15/h2,4-5,12-13H,3,6-11H2,1H3. The van der Waals surface area contributed by atoms with E-state index in [4.69, 9.17) is 11.6 Å². The van der Waals surface area contributed by atoms with E-state index in [0.717, 1.165) is 61.8 Å². The molecule has 1 saturated carbocycles. The summed E-state index contributed by atoms with van der Waals surface area (Å²) in [5.74, 6) is 0.270. The lowest BCUT2D eigenvalue weighted by Gasteiger charge is -2.26. The van der Waals surface area contributed by atoms with Crippen molar-refractivity contribution in [3.05, 3.63) is 45.9 Å². The van der Waals surface area contributed by atoms with Crippen LogP contribution in [-0.2, 0) is 10.2 Å². The predicted molar refractivity (Wildman–Crippen MR) is 103 cm³/mol. The van der Waals surface area contributed by atoms with Gasteiger partial charge in [0, 0.05) is 36.6 Å². The van der Waals surface area contributed by atoms with Crippen LogP contribution in [0.1, 0.15) is 30.5 Å². The summed E-state index contributed by atoms with van der Waals surface area (Å²) in [6.45, 7) is 5.42. The molecule has 0 radical (unpaired) electrons. The van der Waals surface area contributed by atoms with Crippen molar-refractivity contribution in [1.29, 1.82) is 0 Å². The number of hydrogen-bond acceptors (Lipinski definition) is 4. The van der Waals surface area contributed by atoms with Gasteiger partial charge in [-0.05, 0) is 43.9 Å². The minimum absolute atomic E-state index is 0.270. The molecular formula is C19H22ClN3OS. The first kappa shape index (κ1) is 16.9. The van der Waals surface area contributed by atoms with Crippen LogP contribution in [0, 0.1) is 6.92 Å². The van der Waals surface area contributed by atoms with Gasteiger partial charge >= 0.3 is 0 Å². The molecule has 2 aliphatic rings. The lowest BCUT2D eigenvalue weighted by molar-refractivity contribution is -0.133. The number of rotatable bonds is 3. The number of thiazole rings is 1. The molecule has 0 N–H and O–H groups in total. The number of carbonyl (C=O) groups excluding carboxylic acids is 1. The Morgan fingerprint density at radius 3 is 2.76 bits per heavy atom. The number of amides is 1. The Balaban J connectivity index is 1.48. The van der Waals surface area contributed by atoms with Crippen LogP contribution in [0.3, 0.4) is 0 Å². The summed E-state index contributed by atoms with van der Waals surface area (Å²) in [5.41, 5.74) is 1.80. The van der Waals surface area contributed by atoms with E-state index in [-0.39, 0.29) is 11.3 Å². The number of benzene rings is 1. The van der Waals surface area contributed by atoms with Gasteiger partial charge in [-0.2, -0.15) is 0 Å². The van der Waals surface area contributed by atoms with Crippen LogP contribution in [0.25, 0.3) is 0 Å². The third-order valence-corrected chi connectivity index (χ3v) is 6.45. The van der Waals surface area contributed by atoms with E-state index in [0.29, 0.717) is 5.02 Å². The van der Waals surface area contributed by atoms with Crippen LogP contribution in [0.15, 0.2) is 29.6 Å². The van der Waals surface area contributed by atoms with Crippen molar-refractivity contribution < 1.29 is 4.79 Å². The summed E-state index contributed by atoms with van der Waals surface area (Å²) in [4.78, 5) is 22.2. The number of hydrogen-bond donors (Lipinski definition) is 0. The van der Waals surface area contributed by atoms with Crippen LogP contribution >= 0.6 is 22.9 Å². The predicted octanol–water partition coefficient (Wildman–Crippen LogP) is 3.88. The average Bonchev–Trinajstić information content (AvgIpc) is 3.36. The Hall–Kier alpha value is -1.59. The molecule has 132 valence electrons. The monoisotopic (exact) mass is 375 g/mol. The van der Waals surface area contributed by atoms with E-state index in [1.165, 1.54) is 0 Å². The smallest absolute Gasteiger partial charge is 0.233 e. The summed E-state index contributed by atoms with van der Waals surface area (Å²) >= 11 is 7.83. The molecule has 0 atom stereocenters. The molecule has 4 rings (SSSR count). The molecule has 2 heterocycles. The molecule has 1 aliphatic carbocycles. The molecule has 1 amide bonds. The zero-order valence-corrected chi connectivity index (χ0v) is 15.9. The topological polar surface area (TPSA) is 36.4 Å². The van der Waals surface area contributed by atoms with Crippen molar-refractivity contribution in [3.63, 3.8) is 0 Å². The van der Waals surface area contributed by atoms with Crippen LogP contribution < -0.4 is 4.90 Å². The highest BCUT2D eigenvalue weighted by atomic mass is 35.5. The van der Waals surface area contributed by atoms with E-state index in [1.807, 2.05) is 36.1 Å². The van der Waals surface area contributed by atoms with E-state index in [9.17, 15) is 4.79 Å². The number of aryl methyl sites for hydroxylation is 1. The summed E-state index contributed by atoms with van der Waals surface area (Å²) < 4.78 is 0. The van der Waals surface area contributed by atoms with Gasteiger partial charge in [-0.15, -0.1) is 11.3 Å². The fourth-order valence-corrected chi connectivity index (χ4v) is 4.69. The minimum Gasteiger partial charge on any atom is -0.346 e. The van der Waals surface area contributed by atoms with Gasteiger partial charge in [0.2, 0.25) is 5.91 Å². The Morgan fingerprint density at radius 2 is 2.08 bits per heavy atom. The molecule has 0 spiro atoms. The molecule has 1 aromatic carbocycles. The lowest BCUT2D eigenvalue weighted by atomic mass is 9.94. The van der Waals surface area contributed by atoms with Gasteiger partial charge in [-0.25, -0.2) is 4.98 Å². The number of aromatic nitrogens is 1. The van der Waals surface area contributed by atoms with Gasteiger partial charge in [-0.3, -0.25) is 4.79 Å². The second-order valence-corrected chi connectivity index (χ2v) is 8.27. The third kappa shape index (κ3) is 3.27. The van der Waals surface area contributed by atoms with E-state index >= 15 is 0 Å². The quantitative estimate of drug-likeness (QED) is 0.816. The normalized spacial score (nSPS) is 19.6. The Kier molecular flexibility index (Phi) is 4.46. The molecule has 25 heavy (non-hydrogen) atoms. The molecular weight excluding hydrogens is 354 g/mol.